The van der Waals surface area contributed by atoms with Gasteiger partial charge in [-0.3, -0.25) is 0 Å². The van der Waals surface area contributed by atoms with E-state index >= 15 is 0 Å². The van der Waals surface area contributed by atoms with Crippen LogP contribution in [0.1, 0.15) is 0 Å². The Morgan fingerprint density at radius 3 is 2.50 bits per heavy atom. The monoisotopic (exact) mass is 239 g/mol. The van der Waals surface area contributed by atoms with Gasteiger partial charge in [0.2, 0.25) is 0 Å². The normalized spacial score (nSPS) is 9.40. The molecule has 0 saturated carbocycles. The molecule has 1 aromatic rings. The minimum atomic E-state index is 0.600. The minimum absolute atomic E-state index is 0.600. The van der Waals surface area contributed by atoms with Crippen LogP contribution in [0.3, 0.4) is 0 Å². The van der Waals surface area contributed by atoms with Crippen molar-refractivity contribution in [3.63, 3.8) is 0 Å². The van der Waals surface area contributed by atoms with Gasteiger partial charge in [0.05, 0.1) is 0 Å². The van der Waals surface area contributed by atoms with Crippen LogP contribution in [0.4, 0.5) is 5.69 Å². The van der Waals surface area contributed by atoms with E-state index in [-0.39, 0.29) is 0 Å². The average Bonchev–Trinajstić information content (AvgIpc) is 1.94. The zero-order chi connectivity index (χ0) is 7.56. The first-order valence-electron chi connectivity index (χ1n) is 2.52. The summed E-state index contributed by atoms with van der Waals surface area (Å²) >= 11 is 13.9. The summed E-state index contributed by atoms with van der Waals surface area (Å²) in [4.78, 5) is 0. The standard InChI is InChI=1S/C6H3Cl2NSe/c7-4-1-2-5(8)6(3-4)9-10/h1-3H. The third kappa shape index (κ3) is 1.80. The van der Waals surface area contributed by atoms with E-state index in [0.717, 1.165) is 0 Å². The van der Waals surface area contributed by atoms with Gasteiger partial charge in [0.15, 0.2) is 0 Å². The molecule has 1 aromatic carbocycles. The van der Waals surface area contributed by atoms with E-state index in [4.69, 9.17) is 23.2 Å². The molecule has 0 heterocycles. The van der Waals surface area contributed by atoms with Gasteiger partial charge in [-0.25, -0.2) is 0 Å². The molecule has 10 heavy (non-hydrogen) atoms. The van der Waals surface area contributed by atoms with Crippen LogP contribution in [-0.4, -0.2) is 15.8 Å². The number of benzene rings is 1. The summed E-state index contributed by atoms with van der Waals surface area (Å²) in [6.07, 6.45) is 0. The molecule has 0 aliphatic carbocycles. The van der Waals surface area contributed by atoms with Gasteiger partial charge < -0.3 is 0 Å². The second kappa shape index (κ2) is 3.49. The van der Waals surface area contributed by atoms with Crippen molar-refractivity contribution in [2.75, 3.05) is 0 Å². The molecule has 52 valence electrons. The molecule has 0 N–H and O–H groups in total. The molecule has 0 atom stereocenters. The Balaban J connectivity index is 3.21. The summed E-state index contributed by atoms with van der Waals surface area (Å²) in [6, 6.07) is 5.12. The van der Waals surface area contributed by atoms with Gasteiger partial charge in [-0.2, -0.15) is 0 Å². The average molecular weight is 239 g/mol. The van der Waals surface area contributed by atoms with Gasteiger partial charge in [0.25, 0.3) is 0 Å². The van der Waals surface area contributed by atoms with Crippen molar-refractivity contribution in [3.8, 4) is 0 Å². The molecule has 0 fully saturated rings. The molecule has 0 aliphatic heterocycles. The van der Waals surface area contributed by atoms with Gasteiger partial charge in [-0.15, -0.1) is 0 Å². The summed E-state index contributed by atoms with van der Waals surface area (Å²) < 4.78 is 3.79. The van der Waals surface area contributed by atoms with Gasteiger partial charge in [-0.1, -0.05) is 0 Å². The van der Waals surface area contributed by atoms with Crippen molar-refractivity contribution in [1.29, 1.82) is 0 Å². The summed E-state index contributed by atoms with van der Waals surface area (Å²) in [7, 11) is 0. The van der Waals surface area contributed by atoms with Crippen LogP contribution >= 0.6 is 23.2 Å². The second-order valence-electron chi connectivity index (χ2n) is 1.69. The van der Waals surface area contributed by atoms with Gasteiger partial charge in [0, 0.05) is 0 Å². The summed E-state index contributed by atoms with van der Waals surface area (Å²) in [6.45, 7) is 0. The Morgan fingerprint density at radius 1 is 1.30 bits per heavy atom. The van der Waals surface area contributed by atoms with Crippen LogP contribution < -0.4 is 0 Å². The van der Waals surface area contributed by atoms with E-state index in [1.807, 2.05) is 0 Å². The third-order valence-corrected chi connectivity index (χ3v) is 1.97. The summed E-state index contributed by atoms with van der Waals surface area (Å²) in [5.74, 6) is 0. The first kappa shape index (κ1) is 8.22. The van der Waals surface area contributed by atoms with Crippen molar-refractivity contribution in [2.24, 2.45) is 3.96 Å². The number of halogens is 2. The molecule has 4 heteroatoms. The summed E-state index contributed by atoms with van der Waals surface area (Å²) in [5, 5.41) is 1.24. The van der Waals surface area contributed by atoms with Crippen molar-refractivity contribution < 1.29 is 0 Å². The number of hydrogen-bond acceptors (Lipinski definition) is 1. The van der Waals surface area contributed by atoms with Crippen molar-refractivity contribution >= 4 is 44.7 Å². The predicted octanol–water partition coefficient (Wildman–Crippen LogP) is 2.98. The Labute approximate surface area is 77.0 Å². The first-order valence-corrected chi connectivity index (χ1v) is 4.04. The molecular weight excluding hydrogens is 236 g/mol. The molecule has 0 radical (unpaired) electrons. The molecule has 0 spiro atoms. The van der Waals surface area contributed by atoms with Crippen molar-refractivity contribution in [1.82, 2.24) is 0 Å². The molecule has 1 nitrogen and oxygen atoms in total. The maximum absolute atomic E-state index is 5.72. The molecule has 0 saturated heterocycles. The first-order chi connectivity index (χ1) is 4.74. The van der Waals surface area contributed by atoms with Crippen LogP contribution in [0.5, 0.6) is 0 Å². The van der Waals surface area contributed by atoms with Gasteiger partial charge in [-0.05, 0) is 0 Å². The van der Waals surface area contributed by atoms with Crippen LogP contribution in [0.15, 0.2) is 22.2 Å². The number of nitrogens with zero attached hydrogens (tertiary/aromatic N) is 1. The van der Waals surface area contributed by atoms with Crippen LogP contribution in [0.25, 0.3) is 0 Å². The SMILES string of the molecule is Clc1ccc(Cl)c(N=[Se])c1. The Hall–Kier alpha value is 0.119. The zero-order valence-corrected chi connectivity index (χ0v) is 8.07. The molecule has 0 unspecified atom stereocenters. The molecule has 0 bridgehead atoms. The van der Waals surface area contributed by atoms with E-state index in [1.54, 1.807) is 18.2 Å². The molecule has 0 amide bonds. The summed E-state index contributed by atoms with van der Waals surface area (Å²) in [5.41, 5.74) is 0.675. The fourth-order valence-corrected chi connectivity index (χ4v) is 1.31. The van der Waals surface area contributed by atoms with Crippen molar-refractivity contribution in [2.45, 2.75) is 0 Å². The number of rotatable bonds is 1. The van der Waals surface area contributed by atoms with Crippen LogP contribution in [0.2, 0.25) is 10.0 Å². The van der Waals surface area contributed by atoms with E-state index in [2.05, 4.69) is 19.8 Å². The molecule has 1 rings (SSSR count). The maximum atomic E-state index is 5.72. The van der Waals surface area contributed by atoms with Gasteiger partial charge >= 0.3 is 76.9 Å². The Morgan fingerprint density at radius 2 is 2.00 bits per heavy atom. The topological polar surface area (TPSA) is 12.4 Å². The van der Waals surface area contributed by atoms with Crippen molar-refractivity contribution in [3.05, 3.63) is 28.2 Å². The van der Waals surface area contributed by atoms with Gasteiger partial charge in [0.1, 0.15) is 0 Å². The van der Waals surface area contributed by atoms with Crippen LogP contribution in [0, 0.1) is 0 Å². The fraction of sp³-hybridized carbons (Fsp3) is 0. The number of hydrogen-bond donors (Lipinski definition) is 0. The van der Waals surface area contributed by atoms with E-state index < -0.39 is 0 Å². The third-order valence-electron chi connectivity index (χ3n) is 1.01. The zero-order valence-electron chi connectivity index (χ0n) is 4.84. The molecule has 0 aliphatic rings. The van der Waals surface area contributed by atoms with E-state index in [1.165, 1.54) is 0 Å². The molecule has 0 aromatic heterocycles. The quantitative estimate of drug-likeness (QED) is 0.668. The predicted molar refractivity (Wildman–Crippen MR) is 44.3 cm³/mol. The second-order valence-corrected chi connectivity index (χ2v) is 2.91. The Kier molecular flexibility index (Phi) is 2.87. The van der Waals surface area contributed by atoms with E-state index in [9.17, 15) is 0 Å². The Bertz CT molecular complexity index is 262. The van der Waals surface area contributed by atoms with E-state index in [0.29, 0.717) is 15.7 Å². The fourth-order valence-electron chi connectivity index (χ4n) is 0.556. The molecular formula is C6H3Cl2NSe. The van der Waals surface area contributed by atoms with Crippen LogP contribution in [-0.2, 0) is 0 Å².